The number of nitrogens with zero attached hydrogens (tertiary/aromatic N) is 1. The van der Waals surface area contributed by atoms with E-state index in [-0.39, 0.29) is 0 Å². The Hall–Kier alpha value is -1.09. The van der Waals surface area contributed by atoms with Gasteiger partial charge in [-0.25, -0.2) is 4.98 Å². The number of pyridine rings is 1. The molecular weight excluding hydrogens is 288 g/mol. The van der Waals surface area contributed by atoms with Crippen LogP contribution in [0.3, 0.4) is 0 Å². The van der Waals surface area contributed by atoms with Crippen LogP contribution in [0.15, 0.2) is 0 Å². The maximum Gasteiger partial charge on any atom is 0.126 e. The van der Waals surface area contributed by atoms with Crippen molar-refractivity contribution in [1.29, 1.82) is 0 Å². The summed E-state index contributed by atoms with van der Waals surface area (Å²) in [7, 11) is 0. The van der Waals surface area contributed by atoms with E-state index in [0.29, 0.717) is 5.41 Å². The number of thiophene rings is 1. The van der Waals surface area contributed by atoms with E-state index >= 15 is 0 Å². The third-order valence-corrected chi connectivity index (χ3v) is 6.92. The Balaban J connectivity index is 1.87. The van der Waals surface area contributed by atoms with Gasteiger partial charge in [0.25, 0.3) is 0 Å². The van der Waals surface area contributed by atoms with Crippen molar-refractivity contribution >= 4 is 27.2 Å². The third-order valence-electron chi connectivity index (χ3n) is 5.74. The molecule has 0 bridgehead atoms. The first-order valence-electron chi connectivity index (χ1n) is 8.66. The smallest absolute Gasteiger partial charge is 0.126 e. The summed E-state index contributed by atoms with van der Waals surface area (Å²) in [6, 6.07) is 0. The van der Waals surface area contributed by atoms with Crippen molar-refractivity contribution in [2.45, 2.75) is 65.7 Å². The van der Waals surface area contributed by atoms with Crippen LogP contribution in [-0.4, -0.2) is 4.98 Å². The fraction of sp³-hybridized carbons (Fsp3) is 0.632. The number of fused-ring (bicyclic) bond motifs is 4. The summed E-state index contributed by atoms with van der Waals surface area (Å²) in [5, 5.41) is 1.31. The number of hydrogen-bond acceptors (Lipinski definition) is 3. The first-order chi connectivity index (χ1) is 10.4. The molecule has 0 amide bonds. The molecule has 1 atom stereocenters. The molecule has 22 heavy (non-hydrogen) atoms. The monoisotopic (exact) mass is 314 g/mol. The molecule has 2 aliphatic carbocycles. The SMILES string of the molecule is CC(C)(C)[C@H]1CCc2nc3sc4c(c3c(N)c2C1)CCCC4. The first-order valence-corrected chi connectivity index (χ1v) is 9.48. The zero-order chi connectivity index (χ0) is 15.5. The zero-order valence-corrected chi connectivity index (χ0v) is 14.8. The van der Waals surface area contributed by atoms with Gasteiger partial charge < -0.3 is 5.73 Å². The Morgan fingerprint density at radius 1 is 1.09 bits per heavy atom. The van der Waals surface area contributed by atoms with Gasteiger partial charge in [0, 0.05) is 21.6 Å². The van der Waals surface area contributed by atoms with E-state index in [0.717, 1.165) is 24.4 Å². The number of anilines is 1. The molecule has 0 spiro atoms. The minimum Gasteiger partial charge on any atom is -0.398 e. The number of rotatable bonds is 0. The van der Waals surface area contributed by atoms with E-state index in [1.807, 2.05) is 11.3 Å². The lowest BCUT2D eigenvalue weighted by Gasteiger charge is -2.35. The fourth-order valence-electron chi connectivity index (χ4n) is 4.24. The number of nitrogens with two attached hydrogens (primary N) is 1. The van der Waals surface area contributed by atoms with Gasteiger partial charge in [-0.3, -0.25) is 0 Å². The van der Waals surface area contributed by atoms with Gasteiger partial charge in [-0.1, -0.05) is 20.8 Å². The normalized spacial score (nSPS) is 21.7. The maximum absolute atomic E-state index is 6.68. The molecule has 2 aliphatic rings. The lowest BCUT2D eigenvalue weighted by molar-refractivity contribution is 0.215. The van der Waals surface area contributed by atoms with Crippen molar-refractivity contribution in [3.05, 3.63) is 21.7 Å². The van der Waals surface area contributed by atoms with Crippen LogP contribution in [0.1, 0.15) is 61.7 Å². The van der Waals surface area contributed by atoms with Gasteiger partial charge in [-0.15, -0.1) is 11.3 Å². The van der Waals surface area contributed by atoms with Crippen LogP contribution in [-0.2, 0) is 25.7 Å². The third kappa shape index (κ3) is 2.17. The predicted molar refractivity (Wildman–Crippen MR) is 95.6 cm³/mol. The molecule has 0 saturated carbocycles. The standard InChI is InChI=1S/C19H26N2S/c1-19(2,3)11-8-9-14-13(10-11)17(20)16-12-6-4-5-7-15(12)22-18(16)21-14/h11H,4-10H2,1-3H3,(H2,20,21)/t11-/m0/s1. The molecule has 2 heterocycles. The van der Waals surface area contributed by atoms with Crippen LogP contribution in [0, 0.1) is 11.3 Å². The summed E-state index contributed by atoms with van der Waals surface area (Å²) < 4.78 is 0. The minimum absolute atomic E-state index is 0.354. The van der Waals surface area contributed by atoms with Gasteiger partial charge in [0.15, 0.2) is 0 Å². The molecule has 3 heteroatoms. The Morgan fingerprint density at radius 3 is 2.64 bits per heavy atom. The van der Waals surface area contributed by atoms with Crippen molar-refractivity contribution in [2.75, 3.05) is 5.73 Å². The lowest BCUT2D eigenvalue weighted by Crippen LogP contribution is -2.28. The van der Waals surface area contributed by atoms with Crippen LogP contribution < -0.4 is 5.73 Å². The van der Waals surface area contributed by atoms with E-state index in [4.69, 9.17) is 10.7 Å². The lowest BCUT2D eigenvalue weighted by atomic mass is 9.71. The topological polar surface area (TPSA) is 38.9 Å². The second-order valence-corrected chi connectivity index (χ2v) is 9.23. The number of aryl methyl sites for hydroxylation is 3. The highest BCUT2D eigenvalue weighted by Crippen LogP contribution is 2.44. The molecule has 118 valence electrons. The summed E-state index contributed by atoms with van der Waals surface area (Å²) in [6.07, 6.45) is 8.51. The molecule has 2 aromatic heterocycles. The molecule has 0 radical (unpaired) electrons. The second-order valence-electron chi connectivity index (χ2n) is 8.15. The maximum atomic E-state index is 6.68. The molecule has 0 aliphatic heterocycles. The molecule has 2 nitrogen and oxygen atoms in total. The molecule has 4 rings (SSSR count). The largest absolute Gasteiger partial charge is 0.398 e. The van der Waals surface area contributed by atoms with E-state index in [1.165, 1.54) is 59.1 Å². The summed E-state index contributed by atoms with van der Waals surface area (Å²) in [4.78, 5) is 7.79. The van der Waals surface area contributed by atoms with Crippen molar-refractivity contribution in [3.63, 3.8) is 0 Å². The van der Waals surface area contributed by atoms with Gasteiger partial charge in [-0.2, -0.15) is 0 Å². The molecular formula is C19H26N2S. The molecule has 2 N–H and O–H groups in total. The van der Waals surface area contributed by atoms with E-state index in [1.54, 1.807) is 4.88 Å². The average Bonchev–Trinajstić information content (AvgIpc) is 2.84. The van der Waals surface area contributed by atoms with Crippen LogP contribution >= 0.6 is 11.3 Å². The van der Waals surface area contributed by atoms with Gasteiger partial charge in [0.05, 0.1) is 0 Å². The Kier molecular flexibility index (Phi) is 3.26. The van der Waals surface area contributed by atoms with Crippen molar-refractivity contribution < 1.29 is 0 Å². The van der Waals surface area contributed by atoms with Gasteiger partial charge >= 0.3 is 0 Å². The second kappa shape index (κ2) is 4.95. The fourth-order valence-corrected chi connectivity index (χ4v) is 5.54. The van der Waals surface area contributed by atoms with E-state index < -0.39 is 0 Å². The van der Waals surface area contributed by atoms with Crippen LogP contribution in [0.2, 0.25) is 0 Å². The Morgan fingerprint density at radius 2 is 1.86 bits per heavy atom. The number of hydrogen-bond donors (Lipinski definition) is 1. The van der Waals surface area contributed by atoms with Crippen LogP contribution in [0.5, 0.6) is 0 Å². The van der Waals surface area contributed by atoms with Gasteiger partial charge in [-0.05, 0) is 67.4 Å². The number of aromatic nitrogens is 1. The highest BCUT2D eigenvalue weighted by atomic mass is 32.1. The van der Waals surface area contributed by atoms with Crippen LogP contribution in [0.4, 0.5) is 5.69 Å². The molecule has 0 saturated heterocycles. The molecule has 0 fully saturated rings. The first kappa shape index (κ1) is 14.5. The molecule has 0 unspecified atom stereocenters. The Labute approximate surface area is 137 Å². The highest BCUT2D eigenvalue weighted by Gasteiger charge is 2.32. The minimum atomic E-state index is 0.354. The average molecular weight is 314 g/mol. The molecule has 2 aromatic rings. The van der Waals surface area contributed by atoms with Gasteiger partial charge in [0.1, 0.15) is 4.83 Å². The van der Waals surface area contributed by atoms with Crippen LogP contribution in [0.25, 0.3) is 10.2 Å². The summed E-state index contributed by atoms with van der Waals surface area (Å²) in [6.45, 7) is 7.08. The van der Waals surface area contributed by atoms with E-state index in [2.05, 4.69) is 20.8 Å². The zero-order valence-electron chi connectivity index (χ0n) is 14.0. The van der Waals surface area contributed by atoms with Crippen molar-refractivity contribution in [3.8, 4) is 0 Å². The highest BCUT2D eigenvalue weighted by molar-refractivity contribution is 7.19. The van der Waals surface area contributed by atoms with Gasteiger partial charge in [0.2, 0.25) is 0 Å². The summed E-state index contributed by atoms with van der Waals surface area (Å²) >= 11 is 1.90. The predicted octanol–water partition coefficient (Wildman–Crippen LogP) is 4.91. The summed E-state index contributed by atoms with van der Waals surface area (Å²) in [5.74, 6) is 0.719. The Bertz CT molecular complexity index is 736. The number of nitrogen functional groups attached to an aromatic ring is 1. The summed E-state index contributed by atoms with van der Waals surface area (Å²) in [5.41, 5.74) is 12.3. The quantitative estimate of drug-likeness (QED) is 0.750. The van der Waals surface area contributed by atoms with E-state index in [9.17, 15) is 0 Å². The van der Waals surface area contributed by atoms with Crippen molar-refractivity contribution in [2.24, 2.45) is 11.3 Å². The van der Waals surface area contributed by atoms with Crippen molar-refractivity contribution in [1.82, 2.24) is 4.98 Å². The molecule has 0 aromatic carbocycles.